The largest absolute Gasteiger partial charge is 0.445 e. The Bertz CT molecular complexity index is 529. The summed E-state index contributed by atoms with van der Waals surface area (Å²) in [5.41, 5.74) is 2.28. The highest BCUT2D eigenvalue weighted by Gasteiger charge is 2.50. The lowest BCUT2D eigenvalue weighted by molar-refractivity contribution is -0.0962. The Morgan fingerprint density at radius 1 is 1.17 bits per heavy atom. The quantitative estimate of drug-likeness (QED) is 0.776. The second-order valence-corrected chi connectivity index (χ2v) is 7.52. The summed E-state index contributed by atoms with van der Waals surface area (Å²) in [6.07, 6.45) is 9.82. The number of nitrogens with one attached hydrogen (secondary N) is 1. The van der Waals surface area contributed by atoms with Crippen molar-refractivity contribution in [3.63, 3.8) is 0 Å². The van der Waals surface area contributed by atoms with E-state index in [1.54, 1.807) is 0 Å². The number of hydrogen-bond donors (Lipinski definition) is 1. The number of ether oxygens (including phenoxy) is 1. The van der Waals surface area contributed by atoms with Gasteiger partial charge in [0.1, 0.15) is 6.10 Å². The van der Waals surface area contributed by atoms with Crippen molar-refractivity contribution in [2.75, 3.05) is 5.32 Å². The highest BCUT2D eigenvalue weighted by atomic mass is 16.6. The first kappa shape index (κ1) is 16.4. The van der Waals surface area contributed by atoms with Gasteiger partial charge in [-0.2, -0.15) is 0 Å². The molecule has 0 heterocycles. The fourth-order valence-electron chi connectivity index (χ4n) is 4.29. The van der Waals surface area contributed by atoms with Crippen LogP contribution in [0.1, 0.15) is 63.9 Å². The SMILES string of the molecule is CCCC1CCC2(CC1)CC[C@H]2OC(=O)Nc1ccc(C)cc1. The van der Waals surface area contributed by atoms with Crippen LogP contribution in [0.4, 0.5) is 10.5 Å². The minimum Gasteiger partial charge on any atom is -0.445 e. The van der Waals surface area contributed by atoms with Gasteiger partial charge in [0.05, 0.1) is 0 Å². The number of benzene rings is 1. The van der Waals surface area contributed by atoms with E-state index in [1.807, 2.05) is 31.2 Å². The lowest BCUT2D eigenvalue weighted by Gasteiger charge is -2.52. The summed E-state index contributed by atoms with van der Waals surface area (Å²) in [7, 11) is 0. The lowest BCUT2D eigenvalue weighted by Crippen LogP contribution is -2.50. The molecule has 0 aromatic heterocycles. The summed E-state index contributed by atoms with van der Waals surface area (Å²) in [5, 5.41) is 2.86. The smallest absolute Gasteiger partial charge is 0.411 e. The molecule has 3 nitrogen and oxygen atoms in total. The van der Waals surface area contributed by atoms with E-state index in [1.165, 1.54) is 50.5 Å². The van der Waals surface area contributed by atoms with Crippen molar-refractivity contribution < 1.29 is 9.53 Å². The zero-order valence-electron chi connectivity index (χ0n) is 14.4. The summed E-state index contributed by atoms with van der Waals surface area (Å²) in [6.45, 7) is 4.31. The second-order valence-electron chi connectivity index (χ2n) is 7.52. The second kappa shape index (κ2) is 6.94. The van der Waals surface area contributed by atoms with Crippen molar-refractivity contribution in [2.24, 2.45) is 11.3 Å². The molecule has 2 fully saturated rings. The van der Waals surface area contributed by atoms with E-state index in [-0.39, 0.29) is 17.6 Å². The number of rotatable bonds is 4. The van der Waals surface area contributed by atoms with Crippen LogP contribution in [0.15, 0.2) is 24.3 Å². The number of carbonyl (C=O) groups is 1. The Morgan fingerprint density at radius 3 is 2.39 bits per heavy atom. The van der Waals surface area contributed by atoms with E-state index in [0.717, 1.165) is 18.0 Å². The van der Waals surface area contributed by atoms with Gasteiger partial charge in [-0.3, -0.25) is 5.32 Å². The maximum atomic E-state index is 12.2. The molecule has 0 aliphatic heterocycles. The Labute approximate surface area is 139 Å². The van der Waals surface area contributed by atoms with E-state index < -0.39 is 0 Å². The fraction of sp³-hybridized carbons (Fsp3) is 0.650. The predicted molar refractivity (Wildman–Crippen MR) is 93.6 cm³/mol. The zero-order valence-corrected chi connectivity index (χ0v) is 14.4. The van der Waals surface area contributed by atoms with Gasteiger partial charge < -0.3 is 4.74 Å². The van der Waals surface area contributed by atoms with E-state index in [2.05, 4.69) is 12.2 Å². The van der Waals surface area contributed by atoms with Crippen LogP contribution in [0, 0.1) is 18.3 Å². The zero-order chi connectivity index (χ0) is 16.3. The lowest BCUT2D eigenvalue weighted by atomic mass is 9.57. The first-order valence-corrected chi connectivity index (χ1v) is 9.15. The molecule has 1 aromatic rings. The summed E-state index contributed by atoms with van der Waals surface area (Å²) in [6, 6.07) is 7.83. The standard InChI is InChI=1S/C20H29NO2/c1-3-4-16-9-12-20(13-10-16)14-11-18(20)23-19(22)21-17-7-5-15(2)6-8-17/h5-8,16,18H,3-4,9-14H2,1-2H3,(H,21,22)/t16?,18-,20?/m1/s1. The van der Waals surface area contributed by atoms with Crippen molar-refractivity contribution in [1.29, 1.82) is 0 Å². The molecule has 1 spiro atoms. The number of aryl methyl sites for hydroxylation is 1. The third-order valence-electron chi connectivity index (χ3n) is 5.93. The van der Waals surface area contributed by atoms with Crippen molar-refractivity contribution >= 4 is 11.8 Å². The summed E-state index contributed by atoms with van der Waals surface area (Å²) in [5.74, 6) is 0.897. The monoisotopic (exact) mass is 315 g/mol. The normalized spacial score (nSPS) is 29.8. The van der Waals surface area contributed by atoms with Crippen LogP contribution in [0.25, 0.3) is 0 Å². The van der Waals surface area contributed by atoms with Gasteiger partial charge in [0, 0.05) is 11.1 Å². The van der Waals surface area contributed by atoms with Gasteiger partial charge in [-0.15, -0.1) is 0 Å². The molecule has 1 amide bonds. The maximum absolute atomic E-state index is 12.2. The van der Waals surface area contributed by atoms with Gasteiger partial charge in [-0.1, -0.05) is 37.5 Å². The van der Waals surface area contributed by atoms with Gasteiger partial charge in [0.15, 0.2) is 0 Å². The molecular weight excluding hydrogens is 286 g/mol. The van der Waals surface area contributed by atoms with Crippen LogP contribution in [0.5, 0.6) is 0 Å². The minimum atomic E-state index is -0.298. The van der Waals surface area contributed by atoms with Crippen molar-refractivity contribution in [3.05, 3.63) is 29.8 Å². The Hall–Kier alpha value is -1.51. The molecule has 2 saturated carbocycles. The molecule has 2 aliphatic rings. The van der Waals surface area contributed by atoms with Gasteiger partial charge >= 0.3 is 6.09 Å². The fourth-order valence-corrected chi connectivity index (χ4v) is 4.29. The third kappa shape index (κ3) is 3.70. The first-order valence-electron chi connectivity index (χ1n) is 9.15. The summed E-state index contributed by atoms with van der Waals surface area (Å²) in [4.78, 5) is 12.2. The van der Waals surface area contributed by atoms with Crippen molar-refractivity contribution in [1.82, 2.24) is 0 Å². The van der Waals surface area contributed by atoms with Gasteiger partial charge in [0.25, 0.3) is 0 Å². The molecule has 3 heteroatoms. The van der Waals surface area contributed by atoms with Crippen LogP contribution in [0.2, 0.25) is 0 Å². The van der Waals surface area contributed by atoms with Crippen LogP contribution >= 0.6 is 0 Å². The van der Waals surface area contributed by atoms with Gasteiger partial charge in [-0.25, -0.2) is 4.79 Å². The Morgan fingerprint density at radius 2 is 1.83 bits per heavy atom. The molecule has 0 bridgehead atoms. The third-order valence-corrected chi connectivity index (χ3v) is 5.93. The number of anilines is 1. The molecule has 0 saturated heterocycles. The molecule has 0 unspecified atom stereocenters. The highest BCUT2D eigenvalue weighted by molar-refractivity contribution is 5.84. The van der Waals surface area contributed by atoms with E-state index in [0.29, 0.717) is 0 Å². The minimum absolute atomic E-state index is 0.121. The molecule has 1 N–H and O–H groups in total. The van der Waals surface area contributed by atoms with Crippen LogP contribution in [0.3, 0.4) is 0 Å². The first-order chi connectivity index (χ1) is 11.1. The Balaban J connectivity index is 1.50. The molecule has 126 valence electrons. The molecule has 23 heavy (non-hydrogen) atoms. The average Bonchev–Trinajstić information content (AvgIpc) is 2.55. The number of hydrogen-bond acceptors (Lipinski definition) is 2. The molecule has 0 radical (unpaired) electrons. The topological polar surface area (TPSA) is 38.3 Å². The van der Waals surface area contributed by atoms with E-state index >= 15 is 0 Å². The molecule has 1 aromatic carbocycles. The van der Waals surface area contributed by atoms with Gasteiger partial charge in [0.2, 0.25) is 0 Å². The van der Waals surface area contributed by atoms with Crippen LogP contribution in [-0.4, -0.2) is 12.2 Å². The summed E-state index contributed by atoms with van der Waals surface area (Å²) >= 11 is 0. The summed E-state index contributed by atoms with van der Waals surface area (Å²) < 4.78 is 5.76. The maximum Gasteiger partial charge on any atom is 0.411 e. The highest BCUT2D eigenvalue weighted by Crippen LogP contribution is 2.54. The molecule has 2 aliphatic carbocycles. The molecule has 1 atom stereocenters. The Kier molecular flexibility index (Phi) is 4.93. The number of amides is 1. The van der Waals surface area contributed by atoms with Crippen molar-refractivity contribution in [3.8, 4) is 0 Å². The van der Waals surface area contributed by atoms with Gasteiger partial charge in [-0.05, 0) is 63.5 Å². The van der Waals surface area contributed by atoms with E-state index in [4.69, 9.17) is 4.74 Å². The molecular formula is C20H29NO2. The van der Waals surface area contributed by atoms with Crippen LogP contribution < -0.4 is 5.32 Å². The molecule has 3 rings (SSSR count). The predicted octanol–water partition coefficient (Wildman–Crippen LogP) is 5.68. The number of carbonyl (C=O) groups excluding carboxylic acids is 1. The van der Waals surface area contributed by atoms with E-state index in [9.17, 15) is 4.79 Å². The van der Waals surface area contributed by atoms with Crippen molar-refractivity contribution in [2.45, 2.75) is 71.3 Å². The average molecular weight is 315 g/mol. The van der Waals surface area contributed by atoms with Crippen LogP contribution in [-0.2, 0) is 4.74 Å².